The van der Waals surface area contributed by atoms with Crippen LogP contribution in [0.2, 0.25) is 0 Å². The molecule has 3 aromatic rings. The van der Waals surface area contributed by atoms with Crippen LogP contribution in [0.4, 0.5) is 13.9 Å². The molecule has 0 unspecified atom stereocenters. The Hall–Kier alpha value is -2.83. The summed E-state index contributed by atoms with van der Waals surface area (Å²) < 4.78 is 52.7. The summed E-state index contributed by atoms with van der Waals surface area (Å²) in [6.45, 7) is 1.01. The van der Waals surface area contributed by atoms with Gasteiger partial charge in [0.05, 0.1) is 21.4 Å². The van der Waals surface area contributed by atoms with Gasteiger partial charge in [-0.2, -0.15) is 5.26 Å². The number of nitriles is 1. The van der Waals surface area contributed by atoms with Crippen LogP contribution in [-0.4, -0.2) is 31.7 Å². The molecule has 9 heteroatoms. The number of aromatic nitrogens is 1. The molecular formula is C21H17F2N3O2S2. The van der Waals surface area contributed by atoms with Gasteiger partial charge < -0.3 is 4.90 Å². The number of rotatable bonds is 4. The largest absolute Gasteiger partial charge is 0.348 e. The molecule has 0 radical (unpaired) electrons. The molecule has 0 spiro atoms. The van der Waals surface area contributed by atoms with E-state index in [9.17, 15) is 22.5 Å². The molecule has 1 aromatic heterocycles. The topological polar surface area (TPSA) is 74.1 Å². The van der Waals surface area contributed by atoms with Gasteiger partial charge in [0.1, 0.15) is 6.07 Å². The molecule has 0 atom stereocenters. The van der Waals surface area contributed by atoms with E-state index in [0.717, 1.165) is 12.1 Å². The number of thiazole rings is 1. The molecule has 2 heterocycles. The van der Waals surface area contributed by atoms with Crippen LogP contribution in [0.5, 0.6) is 0 Å². The van der Waals surface area contributed by atoms with Gasteiger partial charge >= 0.3 is 0 Å². The summed E-state index contributed by atoms with van der Waals surface area (Å²) in [5.41, 5.74) is 1.20. The number of piperidine rings is 1. The minimum atomic E-state index is -3.60. The molecule has 1 fully saturated rings. The molecule has 154 valence electrons. The van der Waals surface area contributed by atoms with Crippen LogP contribution in [0.3, 0.4) is 0 Å². The molecule has 30 heavy (non-hydrogen) atoms. The van der Waals surface area contributed by atoms with E-state index in [2.05, 4.69) is 4.98 Å². The number of hydrogen-bond donors (Lipinski definition) is 0. The lowest BCUT2D eigenvalue weighted by Gasteiger charge is -2.31. The van der Waals surface area contributed by atoms with Gasteiger partial charge in [0.15, 0.2) is 26.6 Å². The maximum Gasteiger partial charge on any atom is 0.185 e. The Morgan fingerprint density at radius 2 is 1.83 bits per heavy atom. The van der Waals surface area contributed by atoms with Crippen molar-refractivity contribution in [1.29, 1.82) is 5.26 Å². The highest BCUT2D eigenvalue weighted by Gasteiger charge is 2.33. The highest BCUT2D eigenvalue weighted by atomic mass is 32.2. The number of sulfone groups is 1. The highest BCUT2D eigenvalue weighted by molar-refractivity contribution is 7.92. The van der Waals surface area contributed by atoms with Crippen LogP contribution in [0.25, 0.3) is 11.3 Å². The Kier molecular flexibility index (Phi) is 5.54. The van der Waals surface area contributed by atoms with Gasteiger partial charge in [-0.25, -0.2) is 22.2 Å². The van der Waals surface area contributed by atoms with Crippen LogP contribution in [0, 0.1) is 23.0 Å². The molecule has 0 bridgehead atoms. The van der Waals surface area contributed by atoms with Crippen molar-refractivity contribution in [2.45, 2.75) is 23.0 Å². The second-order valence-electron chi connectivity index (χ2n) is 6.98. The first kappa shape index (κ1) is 20.4. The molecule has 1 saturated heterocycles. The second kappa shape index (κ2) is 8.13. The average Bonchev–Trinajstić information content (AvgIpc) is 3.26. The fourth-order valence-electron chi connectivity index (χ4n) is 3.54. The summed E-state index contributed by atoms with van der Waals surface area (Å²) in [6, 6.07) is 11.9. The predicted molar refractivity (Wildman–Crippen MR) is 111 cm³/mol. The van der Waals surface area contributed by atoms with E-state index in [0.29, 0.717) is 42.3 Å². The van der Waals surface area contributed by atoms with E-state index < -0.39 is 26.7 Å². The van der Waals surface area contributed by atoms with Crippen molar-refractivity contribution in [3.05, 3.63) is 65.0 Å². The Balaban J connectivity index is 1.48. The smallest absolute Gasteiger partial charge is 0.185 e. The van der Waals surface area contributed by atoms with Gasteiger partial charge in [-0.1, -0.05) is 12.1 Å². The van der Waals surface area contributed by atoms with E-state index in [1.807, 2.05) is 11.0 Å². The number of halogens is 2. The Labute approximate surface area is 177 Å². The van der Waals surface area contributed by atoms with Crippen molar-refractivity contribution in [2.24, 2.45) is 0 Å². The van der Waals surface area contributed by atoms with Crippen molar-refractivity contribution >= 4 is 26.3 Å². The maximum atomic E-state index is 13.5. The fraction of sp³-hybridized carbons (Fsp3) is 0.238. The van der Waals surface area contributed by atoms with E-state index in [-0.39, 0.29) is 10.5 Å². The van der Waals surface area contributed by atoms with Crippen molar-refractivity contribution < 1.29 is 17.2 Å². The highest BCUT2D eigenvalue weighted by Crippen LogP contribution is 2.32. The number of hydrogen-bond acceptors (Lipinski definition) is 6. The minimum absolute atomic E-state index is 0.0841. The predicted octanol–water partition coefficient (Wildman–Crippen LogP) is 4.40. The lowest BCUT2D eigenvalue weighted by Crippen LogP contribution is -2.39. The van der Waals surface area contributed by atoms with E-state index in [1.54, 1.807) is 17.5 Å². The number of benzene rings is 2. The zero-order valence-electron chi connectivity index (χ0n) is 15.8. The molecule has 0 amide bonds. The molecular weight excluding hydrogens is 428 g/mol. The lowest BCUT2D eigenvalue weighted by atomic mass is 10.1. The van der Waals surface area contributed by atoms with Gasteiger partial charge in [0.2, 0.25) is 0 Å². The summed E-state index contributed by atoms with van der Waals surface area (Å²) in [5, 5.41) is 11.1. The van der Waals surface area contributed by atoms with Gasteiger partial charge in [0, 0.05) is 24.0 Å². The van der Waals surface area contributed by atoms with Gasteiger partial charge in [-0.15, -0.1) is 11.3 Å². The van der Waals surface area contributed by atoms with Crippen molar-refractivity contribution in [2.75, 3.05) is 18.0 Å². The third kappa shape index (κ3) is 3.80. The molecule has 2 aromatic carbocycles. The second-order valence-corrected chi connectivity index (χ2v) is 10.0. The Morgan fingerprint density at radius 3 is 2.53 bits per heavy atom. The van der Waals surface area contributed by atoms with Crippen molar-refractivity contribution in [3.63, 3.8) is 0 Å². The van der Waals surface area contributed by atoms with Gasteiger partial charge in [0.25, 0.3) is 0 Å². The molecule has 0 N–H and O–H groups in total. The third-order valence-corrected chi connectivity index (χ3v) is 8.39. The number of nitrogens with zero attached hydrogens (tertiary/aromatic N) is 3. The maximum absolute atomic E-state index is 13.5. The molecule has 1 aliphatic heterocycles. The molecule has 4 rings (SSSR count). The van der Waals surface area contributed by atoms with E-state index >= 15 is 0 Å². The van der Waals surface area contributed by atoms with Crippen LogP contribution in [0.1, 0.15) is 18.4 Å². The third-order valence-electron chi connectivity index (χ3n) is 5.17. The zero-order valence-corrected chi connectivity index (χ0v) is 17.4. The first-order valence-corrected chi connectivity index (χ1v) is 11.7. The van der Waals surface area contributed by atoms with E-state index in [1.165, 1.54) is 29.5 Å². The van der Waals surface area contributed by atoms with Crippen LogP contribution in [0.15, 0.2) is 52.7 Å². The molecule has 0 saturated carbocycles. The summed E-state index contributed by atoms with van der Waals surface area (Å²) in [6.07, 6.45) is 0.838. The molecule has 0 aliphatic carbocycles. The lowest BCUT2D eigenvalue weighted by molar-refractivity contribution is 0.509. The van der Waals surface area contributed by atoms with Crippen molar-refractivity contribution in [3.8, 4) is 17.3 Å². The first-order chi connectivity index (χ1) is 14.4. The Bertz CT molecular complexity index is 1230. The summed E-state index contributed by atoms with van der Waals surface area (Å²) >= 11 is 1.38. The fourth-order valence-corrected chi connectivity index (χ4v) is 6.31. The normalized spacial score (nSPS) is 15.2. The average molecular weight is 446 g/mol. The first-order valence-electron chi connectivity index (χ1n) is 9.29. The monoisotopic (exact) mass is 445 g/mol. The van der Waals surface area contributed by atoms with Crippen LogP contribution < -0.4 is 4.90 Å². The summed E-state index contributed by atoms with van der Waals surface area (Å²) in [7, 11) is -3.60. The van der Waals surface area contributed by atoms with Gasteiger partial charge in [-0.05, 0) is 43.2 Å². The zero-order chi connectivity index (χ0) is 21.3. The summed E-state index contributed by atoms with van der Waals surface area (Å²) in [5.74, 6) is -1.83. The van der Waals surface area contributed by atoms with Crippen LogP contribution >= 0.6 is 11.3 Å². The summed E-state index contributed by atoms with van der Waals surface area (Å²) in [4.78, 5) is 6.59. The Morgan fingerprint density at radius 1 is 1.10 bits per heavy atom. The molecule has 1 aliphatic rings. The number of anilines is 1. The quantitative estimate of drug-likeness (QED) is 0.595. The van der Waals surface area contributed by atoms with Gasteiger partial charge in [-0.3, -0.25) is 0 Å². The van der Waals surface area contributed by atoms with Crippen LogP contribution in [-0.2, 0) is 9.84 Å². The minimum Gasteiger partial charge on any atom is -0.348 e. The van der Waals surface area contributed by atoms with E-state index in [4.69, 9.17) is 0 Å². The molecule has 5 nitrogen and oxygen atoms in total. The SMILES string of the molecule is N#Cc1ccccc1S(=O)(=O)C1CCN(c2nc(-c3ccc(F)c(F)c3)cs2)CC1. The van der Waals surface area contributed by atoms with Crippen molar-refractivity contribution in [1.82, 2.24) is 4.98 Å². The standard InChI is InChI=1S/C21H17F2N3O2S2/c22-17-6-5-14(11-18(17)23)19-13-29-21(25-19)26-9-7-16(8-10-26)30(27,28)20-4-2-1-3-15(20)12-24/h1-6,11,13,16H,7-10H2.